The number of carbonyl (C=O) groups excluding carboxylic acids is 1. The van der Waals surface area contributed by atoms with Gasteiger partial charge in [-0.1, -0.05) is 42.5 Å². The largest absolute Gasteiger partial charge is 0.494 e. The highest BCUT2D eigenvalue weighted by molar-refractivity contribution is 6.62. The van der Waals surface area contributed by atoms with Crippen LogP contribution in [0, 0.1) is 20.8 Å². The van der Waals surface area contributed by atoms with Crippen LogP contribution in [-0.2, 0) is 27.1 Å². The molecule has 0 saturated carbocycles. The summed E-state index contributed by atoms with van der Waals surface area (Å²) in [6.45, 7) is 16.4. The van der Waals surface area contributed by atoms with Gasteiger partial charge in [0.25, 0.3) is 5.56 Å². The fourth-order valence-electron chi connectivity index (χ4n) is 5.79. The van der Waals surface area contributed by atoms with E-state index in [9.17, 15) is 9.59 Å². The summed E-state index contributed by atoms with van der Waals surface area (Å²) in [6, 6.07) is 18.5. The van der Waals surface area contributed by atoms with E-state index in [1.807, 2.05) is 32.0 Å². The summed E-state index contributed by atoms with van der Waals surface area (Å²) in [5, 5.41) is 4.02. The maximum Gasteiger partial charge on any atom is 0.494 e. The number of nitrogens with zero attached hydrogens (tertiary/aromatic N) is 1. The van der Waals surface area contributed by atoms with Gasteiger partial charge < -0.3 is 24.2 Å². The summed E-state index contributed by atoms with van der Waals surface area (Å²) in [7, 11) is -0.432. The van der Waals surface area contributed by atoms with Gasteiger partial charge in [0.2, 0.25) is 5.91 Å². The van der Waals surface area contributed by atoms with Crippen LogP contribution in [0.1, 0.15) is 74.3 Å². The minimum absolute atomic E-state index is 0.00727. The van der Waals surface area contributed by atoms with Gasteiger partial charge in [0, 0.05) is 34.4 Å². The van der Waals surface area contributed by atoms with Crippen molar-refractivity contribution in [1.29, 1.82) is 0 Å². The topological polar surface area (TPSA) is 85.3 Å². The first-order valence-corrected chi connectivity index (χ1v) is 14.3. The summed E-state index contributed by atoms with van der Waals surface area (Å²) >= 11 is 0. The van der Waals surface area contributed by atoms with E-state index in [1.165, 1.54) is 0 Å². The summed E-state index contributed by atoms with van der Waals surface area (Å²) < 4.78 is 14.9. The monoisotopic (exact) mass is 553 g/mol. The molecule has 0 bridgehead atoms. The molecule has 0 aliphatic carbocycles. The number of carbonyl (C=O) groups is 1. The van der Waals surface area contributed by atoms with Crippen LogP contribution in [0.3, 0.4) is 0 Å². The first-order chi connectivity index (χ1) is 19.3. The first-order valence-electron chi connectivity index (χ1n) is 14.3. The smallest absolute Gasteiger partial charge is 0.399 e. The van der Waals surface area contributed by atoms with Crippen molar-refractivity contribution < 1.29 is 14.1 Å². The molecular formula is C33H40BN3O4. The van der Waals surface area contributed by atoms with Crippen molar-refractivity contribution in [3.05, 3.63) is 98.6 Å². The Morgan fingerprint density at radius 3 is 2.34 bits per heavy atom. The molecule has 0 radical (unpaired) electrons. The highest BCUT2D eigenvalue weighted by Gasteiger charge is 2.51. The van der Waals surface area contributed by atoms with Gasteiger partial charge in [-0.15, -0.1) is 0 Å². The number of H-pyrrole nitrogens is 1. The van der Waals surface area contributed by atoms with Crippen LogP contribution in [0.5, 0.6) is 0 Å². The third-order valence-electron chi connectivity index (χ3n) is 8.89. The Morgan fingerprint density at radius 2 is 1.66 bits per heavy atom. The molecule has 1 aliphatic rings. The quantitative estimate of drug-likeness (QED) is 0.315. The third-order valence-corrected chi connectivity index (χ3v) is 8.89. The zero-order valence-corrected chi connectivity index (χ0v) is 25.3. The first kappa shape index (κ1) is 28.9. The molecule has 214 valence electrons. The number of hydrogen-bond donors (Lipinski definition) is 2. The van der Waals surface area contributed by atoms with Crippen LogP contribution in [0.4, 0.5) is 0 Å². The van der Waals surface area contributed by atoms with Crippen molar-refractivity contribution in [2.75, 3.05) is 0 Å². The van der Waals surface area contributed by atoms with Crippen molar-refractivity contribution in [3.8, 4) is 0 Å². The molecule has 1 fully saturated rings. The van der Waals surface area contributed by atoms with E-state index in [2.05, 4.69) is 92.8 Å². The zero-order valence-electron chi connectivity index (χ0n) is 25.3. The second kappa shape index (κ2) is 10.7. The number of aromatic nitrogens is 2. The normalized spacial score (nSPS) is 16.7. The van der Waals surface area contributed by atoms with Crippen LogP contribution in [0.15, 0.2) is 59.4 Å². The van der Waals surface area contributed by atoms with Crippen molar-refractivity contribution in [1.82, 2.24) is 14.9 Å². The number of hydrogen-bond acceptors (Lipinski definition) is 4. The summed E-state index contributed by atoms with van der Waals surface area (Å²) in [6.07, 6.45) is 0.225. The number of benzene rings is 2. The molecule has 0 spiro atoms. The molecular weight excluding hydrogens is 513 g/mol. The van der Waals surface area contributed by atoms with Gasteiger partial charge >= 0.3 is 7.12 Å². The summed E-state index contributed by atoms with van der Waals surface area (Å²) in [5.74, 6) is -0.120. The molecule has 41 heavy (non-hydrogen) atoms. The van der Waals surface area contributed by atoms with E-state index in [0.29, 0.717) is 5.56 Å². The van der Waals surface area contributed by atoms with Crippen molar-refractivity contribution >= 4 is 29.4 Å². The number of rotatable bonds is 7. The SMILES string of the molecule is Cc1cc(C)c(CNC(=O)Cc2c(C)n(C(C)c3cccc(B4OC(C)(C)C(C)(C)O4)c3)c3ccccc23)c(=O)[nH]1. The summed E-state index contributed by atoms with van der Waals surface area (Å²) in [5.41, 5.74) is 6.51. The molecule has 1 atom stereocenters. The second-order valence-corrected chi connectivity index (χ2v) is 12.3. The third kappa shape index (κ3) is 5.38. The lowest BCUT2D eigenvalue weighted by Gasteiger charge is -2.32. The average Bonchev–Trinajstić information content (AvgIpc) is 3.30. The van der Waals surface area contributed by atoms with Crippen LogP contribution >= 0.6 is 0 Å². The van der Waals surface area contributed by atoms with Crippen LogP contribution in [0.25, 0.3) is 10.9 Å². The summed E-state index contributed by atoms with van der Waals surface area (Å²) in [4.78, 5) is 28.4. The maximum absolute atomic E-state index is 13.2. The lowest BCUT2D eigenvalue weighted by atomic mass is 9.78. The Morgan fingerprint density at radius 1 is 0.976 bits per heavy atom. The van der Waals surface area contributed by atoms with Gasteiger partial charge in [0.05, 0.1) is 23.7 Å². The molecule has 2 aromatic carbocycles. The molecule has 7 nitrogen and oxygen atoms in total. The number of nitrogens with one attached hydrogen (secondary N) is 2. The van der Waals surface area contributed by atoms with Gasteiger partial charge in [-0.25, -0.2) is 0 Å². The molecule has 1 unspecified atom stereocenters. The number of aromatic amines is 1. The molecule has 8 heteroatoms. The number of para-hydroxylation sites is 1. The minimum Gasteiger partial charge on any atom is -0.399 e. The predicted molar refractivity (Wildman–Crippen MR) is 165 cm³/mol. The van der Waals surface area contributed by atoms with Crippen LogP contribution < -0.4 is 16.3 Å². The van der Waals surface area contributed by atoms with E-state index in [4.69, 9.17) is 9.31 Å². The zero-order chi connectivity index (χ0) is 29.7. The highest BCUT2D eigenvalue weighted by atomic mass is 16.7. The fraction of sp³-hybridized carbons (Fsp3) is 0.394. The highest BCUT2D eigenvalue weighted by Crippen LogP contribution is 2.37. The Balaban J connectivity index is 1.42. The number of pyridine rings is 1. The average molecular weight is 554 g/mol. The Bertz CT molecular complexity index is 1670. The van der Waals surface area contributed by atoms with E-state index >= 15 is 0 Å². The van der Waals surface area contributed by atoms with E-state index in [0.717, 1.165) is 44.4 Å². The molecule has 4 aromatic rings. The standard InChI is InChI=1S/C33H40BN3O4/c1-20-16-21(2)36-31(39)28(20)19-35-30(38)18-27-23(4)37(29-15-10-9-14-26(27)29)22(3)24-12-11-13-25(17-24)34-40-32(5,6)33(7,8)41-34/h9-17,22H,18-19H2,1-8H3,(H,35,38)(H,36,39). The van der Waals surface area contributed by atoms with Crippen LogP contribution in [0.2, 0.25) is 0 Å². The second-order valence-electron chi connectivity index (χ2n) is 12.3. The number of aryl methyl sites for hydroxylation is 2. The number of fused-ring (bicyclic) bond motifs is 1. The Kier molecular flexibility index (Phi) is 7.51. The van der Waals surface area contributed by atoms with Gasteiger partial charge in [0.15, 0.2) is 0 Å². The lowest BCUT2D eigenvalue weighted by molar-refractivity contribution is -0.120. The van der Waals surface area contributed by atoms with Crippen LogP contribution in [-0.4, -0.2) is 33.8 Å². The van der Waals surface area contributed by atoms with E-state index < -0.39 is 18.3 Å². The van der Waals surface area contributed by atoms with Gasteiger partial charge in [-0.3, -0.25) is 9.59 Å². The molecule has 3 heterocycles. The molecule has 1 amide bonds. The van der Waals surface area contributed by atoms with Crippen molar-refractivity contribution in [2.24, 2.45) is 0 Å². The number of amides is 1. The van der Waals surface area contributed by atoms with Gasteiger partial charge in [0.1, 0.15) is 0 Å². The fourth-order valence-corrected chi connectivity index (χ4v) is 5.79. The molecule has 1 saturated heterocycles. The molecule has 2 N–H and O–H groups in total. The van der Waals surface area contributed by atoms with E-state index in [-0.39, 0.29) is 30.5 Å². The van der Waals surface area contributed by atoms with Gasteiger partial charge in [-0.2, -0.15) is 0 Å². The predicted octanol–water partition coefficient (Wildman–Crippen LogP) is 5.02. The van der Waals surface area contributed by atoms with E-state index in [1.54, 1.807) is 0 Å². The maximum atomic E-state index is 13.2. The lowest BCUT2D eigenvalue weighted by Crippen LogP contribution is -2.41. The van der Waals surface area contributed by atoms with Crippen molar-refractivity contribution in [2.45, 2.75) is 85.6 Å². The van der Waals surface area contributed by atoms with Gasteiger partial charge in [-0.05, 0) is 89.7 Å². The molecule has 1 aliphatic heterocycles. The minimum atomic E-state index is -0.432. The Hall–Kier alpha value is -3.62. The molecule has 2 aromatic heterocycles. The molecule has 5 rings (SSSR count). The Labute approximate surface area is 242 Å². The van der Waals surface area contributed by atoms with Crippen molar-refractivity contribution in [3.63, 3.8) is 0 Å².